The highest BCUT2D eigenvalue weighted by Gasteiger charge is 2.22. The van der Waals surface area contributed by atoms with E-state index in [4.69, 9.17) is 17.0 Å². The molecule has 0 atom stereocenters. The quantitative estimate of drug-likeness (QED) is 0.219. The average molecular weight is 528 g/mol. The highest BCUT2D eigenvalue weighted by molar-refractivity contribution is 6.35. The van der Waals surface area contributed by atoms with Gasteiger partial charge in [-0.1, -0.05) is 17.2 Å². The largest absolute Gasteiger partial charge is 0.508 e. The second kappa shape index (κ2) is 12.0. The van der Waals surface area contributed by atoms with E-state index in [0.717, 1.165) is 22.6 Å². The number of carbonyl (C=O) groups is 2. The summed E-state index contributed by atoms with van der Waals surface area (Å²) >= 11 is 6.35. The summed E-state index contributed by atoms with van der Waals surface area (Å²) < 4.78 is 13.9. The fourth-order valence-electron chi connectivity index (χ4n) is 3.46. The second-order valence-electron chi connectivity index (χ2n) is 8.25. The van der Waals surface area contributed by atoms with E-state index in [1.807, 2.05) is 13.0 Å². The molecule has 2 aliphatic rings. The van der Waals surface area contributed by atoms with Crippen LogP contribution < -0.4 is 16.0 Å². The minimum atomic E-state index is -0.703. The highest BCUT2D eigenvalue weighted by Crippen LogP contribution is 2.22. The summed E-state index contributed by atoms with van der Waals surface area (Å²) in [5.74, 6) is -1.21. The standard InChI is InChI=1S/C25H27ClFN7O3/c1-15-4-19(12-30-10-15)33(3)25(37)32-24(31-23-7-17(11-29-2)22(28)9-21(23)26)34(14-35)13-16-5-18(27)8-20(36)6-16/h4-9,11-12,14,28-30,36H,10,13H2,1-3H3,(H,31,32,37)/b17-11-,28-22?. The van der Waals surface area contributed by atoms with E-state index >= 15 is 0 Å². The minimum absolute atomic E-state index is 0.152. The van der Waals surface area contributed by atoms with Crippen molar-refractivity contribution in [2.45, 2.75) is 13.5 Å². The number of aliphatic imine (C=N–C) groups is 1. The van der Waals surface area contributed by atoms with Crippen LogP contribution in [0.4, 0.5) is 9.18 Å². The number of hydrogen-bond acceptors (Lipinski definition) is 6. The summed E-state index contributed by atoms with van der Waals surface area (Å²) in [7, 11) is 3.21. The van der Waals surface area contributed by atoms with Gasteiger partial charge in [0.15, 0.2) is 0 Å². The molecule has 0 saturated heterocycles. The predicted octanol–water partition coefficient (Wildman–Crippen LogP) is 3.02. The number of amides is 3. The fourth-order valence-corrected chi connectivity index (χ4v) is 3.67. The van der Waals surface area contributed by atoms with Crippen LogP contribution in [0.3, 0.4) is 0 Å². The number of urea groups is 1. The summed E-state index contributed by atoms with van der Waals surface area (Å²) in [5.41, 5.74) is 2.75. The molecule has 10 nitrogen and oxygen atoms in total. The van der Waals surface area contributed by atoms with Crippen molar-refractivity contribution < 1.29 is 19.1 Å². The molecule has 0 spiro atoms. The average Bonchev–Trinajstić information content (AvgIpc) is 2.84. The molecule has 3 amide bonds. The Morgan fingerprint density at radius 2 is 2.08 bits per heavy atom. The van der Waals surface area contributed by atoms with Gasteiger partial charge in [-0.2, -0.15) is 4.99 Å². The maximum absolute atomic E-state index is 13.9. The van der Waals surface area contributed by atoms with Gasteiger partial charge in [-0.15, -0.1) is 0 Å². The lowest BCUT2D eigenvalue weighted by Gasteiger charge is -2.25. The number of allylic oxidation sites excluding steroid dienone is 5. The van der Waals surface area contributed by atoms with E-state index in [-0.39, 0.29) is 40.3 Å². The van der Waals surface area contributed by atoms with Crippen LogP contribution in [-0.4, -0.2) is 59.7 Å². The Balaban J connectivity index is 2.00. The topological polar surface area (TPSA) is 133 Å². The van der Waals surface area contributed by atoms with E-state index < -0.39 is 11.8 Å². The van der Waals surface area contributed by atoms with Crippen LogP contribution in [0.5, 0.6) is 5.75 Å². The maximum Gasteiger partial charge on any atom is 0.351 e. The number of likely N-dealkylation sites (N-methyl/N-ethyl adjacent to an activating group) is 1. The molecule has 1 heterocycles. The van der Waals surface area contributed by atoms with E-state index in [1.54, 1.807) is 25.5 Å². The third kappa shape index (κ3) is 7.07. The first-order chi connectivity index (χ1) is 17.6. The van der Waals surface area contributed by atoms with E-state index in [9.17, 15) is 19.1 Å². The number of benzene rings is 1. The van der Waals surface area contributed by atoms with Crippen LogP contribution in [0, 0.1) is 11.2 Å². The Bertz CT molecular complexity index is 1280. The molecule has 1 aromatic carbocycles. The van der Waals surface area contributed by atoms with Crippen molar-refractivity contribution in [1.82, 2.24) is 25.8 Å². The molecule has 0 radical (unpaired) electrons. The summed E-state index contributed by atoms with van der Waals surface area (Å²) in [5, 5.41) is 26.8. The Morgan fingerprint density at radius 3 is 2.73 bits per heavy atom. The molecule has 37 heavy (non-hydrogen) atoms. The highest BCUT2D eigenvalue weighted by atomic mass is 35.5. The molecule has 0 aromatic heterocycles. The van der Waals surface area contributed by atoms with Gasteiger partial charge < -0.3 is 26.5 Å². The first-order valence-electron chi connectivity index (χ1n) is 11.1. The van der Waals surface area contributed by atoms with Gasteiger partial charge >= 0.3 is 6.03 Å². The van der Waals surface area contributed by atoms with Crippen molar-refractivity contribution in [2.75, 3.05) is 20.6 Å². The van der Waals surface area contributed by atoms with Crippen molar-refractivity contribution in [3.63, 3.8) is 0 Å². The molecule has 1 aromatic rings. The first kappa shape index (κ1) is 27.2. The van der Waals surface area contributed by atoms with Gasteiger partial charge in [-0.25, -0.2) is 9.18 Å². The summed E-state index contributed by atoms with van der Waals surface area (Å²) in [6.07, 6.45) is 8.46. The van der Waals surface area contributed by atoms with Crippen LogP contribution in [0.25, 0.3) is 0 Å². The SMILES string of the molecule is CN/C=C1/C=C(N/C(=N/C(=O)N(C)C2=CNCC(C)=C2)N(C=O)Cc2cc(O)cc(F)c2)C(Cl)=CC1=N. The van der Waals surface area contributed by atoms with Crippen LogP contribution in [-0.2, 0) is 11.3 Å². The predicted molar refractivity (Wildman–Crippen MR) is 140 cm³/mol. The number of dihydropyridines is 1. The number of hydrogen-bond donors (Lipinski definition) is 5. The number of nitrogens with one attached hydrogen (secondary N) is 4. The molecular weight excluding hydrogens is 501 g/mol. The van der Waals surface area contributed by atoms with Gasteiger partial charge in [0.1, 0.15) is 11.6 Å². The number of guanidine groups is 1. The molecule has 0 saturated carbocycles. The minimum Gasteiger partial charge on any atom is -0.508 e. The van der Waals surface area contributed by atoms with Crippen molar-refractivity contribution in [3.05, 3.63) is 87.8 Å². The third-order valence-corrected chi connectivity index (χ3v) is 5.59. The molecular formula is C25H27ClFN7O3. The molecule has 5 N–H and O–H groups in total. The number of phenols is 1. The molecule has 12 heteroatoms. The lowest BCUT2D eigenvalue weighted by Crippen LogP contribution is -2.42. The van der Waals surface area contributed by atoms with E-state index in [2.05, 4.69) is 20.9 Å². The molecule has 0 fully saturated rings. The smallest absolute Gasteiger partial charge is 0.351 e. The van der Waals surface area contributed by atoms with Gasteiger partial charge in [0.05, 0.1) is 28.7 Å². The second-order valence-corrected chi connectivity index (χ2v) is 8.65. The van der Waals surface area contributed by atoms with Gasteiger partial charge in [0.25, 0.3) is 0 Å². The molecule has 1 aliphatic heterocycles. The molecule has 194 valence electrons. The Morgan fingerprint density at radius 1 is 1.32 bits per heavy atom. The van der Waals surface area contributed by atoms with E-state index in [0.29, 0.717) is 24.2 Å². The molecule has 3 rings (SSSR count). The van der Waals surface area contributed by atoms with Crippen LogP contribution in [0.15, 0.2) is 81.4 Å². The van der Waals surface area contributed by atoms with Crippen LogP contribution in [0.2, 0.25) is 0 Å². The number of rotatable bonds is 6. The van der Waals surface area contributed by atoms with Gasteiger partial charge in [0, 0.05) is 44.7 Å². The Hall–Kier alpha value is -4.38. The van der Waals surface area contributed by atoms with Crippen LogP contribution in [0.1, 0.15) is 12.5 Å². The Kier molecular flexibility index (Phi) is 8.86. The van der Waals surface area contributed by atoms with Gasteiger partial charge in [0.2, 0.25) is 12.4 Å². The summed E-state index contributed by atoms with van der Waals surface area (Å²) in [4.78, 5) is 31.7. The normalized spacial score (nSPS) is 16.6. The van der Waals surface area contributed by atoms with Crippen molar-refractivity contribution >= 4 is 35.7 Å². The van der Waals surface area contributed by atoms with Crippen molar-refractivity contribution in [3.8, 4) is 5.75 Å². The van der Waals surface area contributed by atoms with Crippen molar-refractivity contribution in [2.24, 2.45) is 4.99 Å². The lowest BCUT2D eigenvalue weighted by atomic mass is 10.0. The van der Waals surface area contributed by atoms with E-state index in [1.165, 1.54) is 24.1 Å². The lowest BCUT2D eigenvalue weighted by molar-refractivity contribution is -0.115. The zero-order chi connectivity index (χ0) is 27.1. The fraction of sp³-hybridized carbons (Fsp3) is 0.200. The number of halogens is 2. The number of nitrogens with zero attached hydrogens (tertiary/aromatic N) is 3. The molecule has 1 aliphatic carbocycles. The Labute approximate surface area is 218 Å². The van der Waals surface area contributed by atoms with Gasteiger partial charge in [-0.05, 0) is 42.8 Å². The number of carbonyl (C=O) groups excluding carboxylic acids is 2. The summed E-state index contributed by atoms with van der Waals surface area (Å²) in [6, 6.07) is 2.67. The third-order valence-electron chi connectivity index (χ3n) is 5.28. The number of aromatic hydroxyl groups is 1. The zero-order valence-electron chi connectivity index (χ0n) is 20.5. The monoisotopic (exact) mass is 527 g/mol. The zero-order valence-corrected chi connectivity index (χ0v) is 21.2. The summed E-state index contributed by atoms with van der Waals surface area (Å²) in [6.45, 7) is 2.34. The van der Waals surface area contributed by atoms with Gasteiger partial charge in [-0.3, -0.25) is 14.6 Å². The molecule has 0 unspecified atom stereocenters. The first-order valence-corrected chi connectivity index (χ1v) is 11.5. The molecule has 0 bridgehead atoms. The number of phenolic OH excluding ortho intramolecular Hbond substituents is 1. The maximum atomic E-state index is 13.9. The van der Waals surface area contributed by atoms with Crippen LogP contribution >= 0.6 is 11.6 Å². The van der Waals surface area contributed by atoms with Crippen molar-refractivity contribution in [1.29, 1.82) is 5.41 Å².